The molecule has 1 aromatic rings. The number of rotatable bonds is 2. The van der Waals surface area contributed by atoms with Crippen molar-refractivity contribution in [2.24, 2.45) is 5.73 Å². The van der Waals surface area contributed by atoms with Gasteiger partial charge in [-0.3, -0.25) is 4.79 Å². The number of halogens is 1. The van der Waals surface area contributed by atoms with Crippen LogP contribution >= 0.6 is 11.6 Å². The van der Waals surface area contributed by atoms with Gasteiger partial charge >= 0.3 is 0 Å². The molecule has 2 rings (SSSR count). The van der Waals surface area contributed by atoms with Crippen molar-refractivity contribution in [3.8, 4) is 0 Å². The molecule has 1 fully saturated rings. The van der Waals surface area contributed by atoms with Gasteiger partial charge in [0.15, 0.2) is 0 Å². The molecule has 98 valence electrons. The standard InChI is InChI=1S/C13H18ClN3O/c1-16-5-2-6-17(9-13(16)18)12-4-3-11(14)7-10(12)8-15/h3-4,7H,2,5-6,8-9,15H2,1H3. The van der Waals surface area contributed by atoms with Crippen molar-refractivity contribution in [2.45, 2.75) is 13.0 Å². The second kappa shape index (κ2) is 5.59. The van der Waals surface area contributed by atoms with Crippen LogP contribution in [0.4, 0.5) is 5.69 Å². The molecule has 1 aliphatic rings. The molecule has 1 aromatic carbocycles. The predicted octanol–water partition coefficient (Wildman–Crippen LogP) is 1.47. The average Bonchev–Trinajstić information content (AvgIpc) is 2.52. The summed E-state index contributed by atoms with van der Waals surface area (Å²) in [5.41, 5.74) is 7.75. The number of hydrogen-bond donors (Lipinski definition) is 1. The summed E-state index contributed by atoms with van der Waals surface area (Å²) in [5.74, 6) is 0.144. The number of nitrogens with zero attached hydrogens (tertiary/aromatic N) is 2. The van der Waals surface area contributed by atoms with Gasteiger partial charge in [-0.05, 0) is 30.2 Å². The molecule has 1 aliphatic heterocycles. The molecule has 5 heteroatoms. The van der Waals surface area contributed by atoms with Crippen molar-refractivity contribution in [1.82, 2.24) is 4.90 Å². The lowest BCUT2D eigenvalue weighted by Gasteiger charge is -2.24. The maximum Gasteiger partial charge on any atom is 0.241 e. The highest BCUT2D eigenvalue weighted by atomic mass is 35.5. The maximum atomic E-state index is 11.9. The summed E-state index contributed by atoms with van der Waals surface area (Å²) in [6.07, 6.45) is 0.967. The first-order chi connectivity index (χ1) is 8.61. The van der Waals surface area contributed by atoms with Crippen LogP contribution in [0.3, 0.4) is 0 Å². The number of hydrogen-bond acceptors (Lipinski definition) is 3. The Labute approximate surface area is 112 Å². The van der Waals surface area contributed by atoms with Crippen LogP contribution < -0.4 is 10.6 Å². The monoisotopic (exact) mass is 267 g/mol. The number of nitrogens with two attached hydrogens (primary N) is 1. The van der Waals surface area contributed by atoms with Crippen LogP contribution in [0.2, 0.25) is 5.02 Å². The second-order valence-corrected chi connectivity index (χ2v) is 5.00. The van der Waals surface area contributed by atoms with Crippen LogP contribution in [0.5, 0.6) is 0 Å². The van der Waals surface area contributed by atoms with Crippen molar-refractivity contribution in [2.75, 3.05) is 31.6 Å². The van der Waals surface area contributed by atoms with E-state index >= 15 is 0 Å². The van der Waals surface area contributed by atoms with Gasteiger partial charge in [-0.1, -0.05) is 11.6 Å². The van der Waals surface area contributed by atoms with Crippen LogP contribution in [0, 0.1) is 0 Å². The van der Waals surface area contributed by atoms with E-state index in [0.717, 1.165) is 30.8 Å². The zero-order chi connectivity index (χ0) is 13.1. The molecule has 1 saturated heterocycles. The largest absolute Gasteiger partial charge is 0.362 e. The minimum atomic E-state index is 0.144. The van der Waals surface area contributed by atoms with Crippen molar-refractivity contribution >= 4 is 23.2 Å². The van der Waals surface area contributed by atoms with Gasteiger partial charge in [-0.25, -0.2) is 0 Å². The lowest BCUT2D eigenvalue weighted by Crippen LogP contribution is -2.34. The Morgan fingerprint density at radius 1 is 1.39 bits per heavy atom. The summed E-state index contributed by atoms with van der Waals surface area (Å²) >= 11 is 5.97. The van der Waals surface area contributed by atoms with Crippen LogP contribution in [-0.4, -0.2) is 37.5 Å². The van der Waals surface area contributed by atoms with E-state index in [2.05, 4.69) is 4.90 Å². The topological polar surface area (TPSA) is 49.6 Å². The summed E-state index contributed by atoms with van der Waals surface area (Å²) in [6.45, 7) is 2.51. The van der Waals surface area contributed by atoms with Gasteiger partial charge in [0, 0.05) is 37.4 Å². The molecule has 0 radical (unpaired) electrons. The Balaban J connectivity index is 2.27. The zero-order valence-electron chi connectivity index (χ0n) is 10.5. The number of amides is 1. The van der Waals surface area contributed by atoms with Crippen LogP contribution in [-0.2, 0) is 11.3 Å². The third-order valence-corrected chi connectivity index (χ3v) is 3.51. The van der Waals surface area contributed by atoms with Crippen molar-refractivity contribution in [3.63, 3.8) is 0 Å². The van der Waals surface area contributed by atoms with Crippen molar-refractivity contribution in [3.05, 3.63) is 28.8 Å². The van der Waals surface area contributed by atoms with Gasteiger partial charge in [0.2, 0.25) is 5.91 Å². The number of carbonyl (C=O) groups excluding carboxylic acids is 1. The smallest absolute Gasteiger partial charge is 0.241 e. The van der Waals surface area contributed by atoms with E-state index in [1.807, 2.05) is 25.2 Å². The fourth-order valence-electron chi connectivity index (χ4n) is 2.22. The molecule has 0 spiro atoms. The van der Waals surface area contributed by atoms with E-state index in [4.69, 9.17) is 17.3 Å². The summed E-state index contributed by atoms with van der Waals surface area (Å²) in [4.78, 5) is 15.8. The summed E-state index contributed by atoms with van der Waals surface area (Å²) in [5, 5.41) is 0.678. The first kappa shape index (κ1) is 13.2. The van der Waals surface area contributed by atoms with E-state index in [0.29, 0.717) is 18.1 Å². The minimum absolute atomic E-state index is 0.144. The Hall–Kier alpha value is -1.26. The maximum absolute atomic E-state index is 11.9. The van der Waals surface area contributed by atoms with E-state index in [1.54, 1.807) is 4.90 Å². The summed E-state index contributed by atoms with van der Waals surface area (Å²) in [7, 11) is 1.84. The Morgan fingerprint density at radius 2 is 2.17 bits per heavy atom. The van der Waals surface area contributed by atoms with Crippen molar-refractivity contribution < 1.29 is 4.79 Å². The van der Waals surface area contributed by atoms with Crippen LogP contribution in [0.25, 0.3) is 0 Å². The third kappa shape index (κ3) is 2.76. The van der Waals surface area contributed by atoms with Gasteiger partial charge in [0.1, 0.15) is 0 Å². The van der Waals surface area contributed by atoms with Gasteiger partial charge in [0.25, 0.3) is 0 Å². The highest BCUT2D eigenvalue weighted by Crippen LogP contribution is 2.25. The van der Waals surface area contributed by atoms with E-state index < -0.39 is 0 Å². The fourth-order valence-corrected chi connectivity index (χ4v) is 2.41. The molecule has 1 amide bonds. The van der Waals surface area contributed by atoms with Crippen LogP contribution in [0.1, 0.15) is 12.0 Å². The molecule has 0 saturated carbocycles. The first-order valence-electron chi connectivity index (χ1n) is 6.09. The van der Waals surface area contributed by atoms with Gasteiger partial charge in [-0.2, -0.15) is 0 Å². The van der Waals surface area contributed by atoms with Gasteiger partial charge < -0.3 is 15.5 Å². The second-order valence-electron chi connectivity index (χ2n) is 4.57. The molecule has 0 aromatic heterocycles. The molecular weight excluding hydrogens is 250 g/mol. The first-order valence-corrected chi connectivity index (χ1v) is 6.47. The Morgan fingerprint density at radius 3 is 2.89 bits per heavy atom. The third-order valence-electron chi connectivity index (χ3n) is 3.28. The number of carbonyl (C=O) groups is 1. The zero-order valence-corrected chi connectivity index (χ0v) is 11.3. The molecule has 4 nitrogen and oxygen atoms in total. The Bertz CT molecular complexity index is 450. The van der Waals surface area contributed by atoms with E-state index in [1.165, 1.54) is 0 Å². The van der Waals surface area contributed by atoms with Crippen LogP contribution in [0.15, 0.2) is 18.2 Å². The molecule has 0 bridgehead atoms. The van der Waals surface area contributed by atoms with Gasteiger partial charge in [-0.15, -0.1) is 0 Å². The van der Waals surface area contributed by atoms with E-state index in [9.17, 15) is 4.79 Å². The molecule has 18 heavy (non-hydrogen) atoms. The number of benzene rings is 1. The molecule has 2 N–H and O–H groups in total. The SMILES string of the molecule is CN1CCCN(c2ccc(Cl)cc2CN)CC1=O. The molecule has 0 aliphatic carbocycles. The molecule has 1 heterocycles. The highest BCUT2D eigenvalue weighted by Gasteiger charge is 2.20. The average molecular weight is 268 g/mol. The highest BCUT2D eigenvalue weighted by molar-refractivity contribution is 6.30. The number of likely N-dealkylation sites (N-methyl/N-ethyl adjacent to an activating group) is 1. The van der Waals surface area contributed by atoms with Crippen molar-refractivity contribution in [1.29, 1.82) is 0 Å². The van der Waals surface area contributed by atoms with Gasteiger partial charge in [0.05, 0.1) is 6.54 Å². The molecule has 0 unspecified atom stereocenters. The normalized spacial score (nSPS) is 16.9. The quantitative estimate of drug-likeness (QED) is 0.883. The number of anilines is 1. The molecule has 0 atom stereocenters. The van der Waals surface area contributed by atoms with E-state index in [-0.39, 0.29) is 5.91 Å². The summed E-state index contributed by atoms with van der Waals surface area (Å²) in [6, 6.07) is 5.66. The molecular formula is C13H18ClN3O. The fraction of sp³-hybridized carbons (Fsp3) is 0.462. The summed E-state index contributed by atoms with van der Waals surface area (Å²) < 4.78 is 0. The minimum Gasteiger partial charge on any atom is -0.362 e. The Kier molecular flexibility index (Phi) is 4.09. The lowest BCUT2D eigenvalue weighted by atomic mass is 10.1. The predicted molar refractivity (Wildman–Crippen MR) is 73.8 cm³/mol. The lowest BCUT2D eigenvalue weighted by molar-refractivity contribution is -0.127.